The van der Waals surface area contributed by atoms with E-state index < -0.39 is 11.6 Å². The maximum atomic E-state index is 15.5. The number of pyridine rings is 3. The van der Waals surface area contributed by atoms with Gasteiger partial charge < -0.3 is 24.6 Å². The van der Waals surface area contributed by atoms with E-state index in [4.69, 9.17) is 26.1 Å². The predicted molar refractivity (Wildman–Crippen MR) is 148 cm³/mol. The Balaban J connectivity index is 1.55. The highest BCUT2D eigenvalue weighted by Crippen LogP contribution is 2.41. The summed E-state index contributed by atoms with van der Waals surface area (Å²) in [5.74, 6) is -0.920. The van der Waals surface area contributed by atoms with Crippen LogP contribution in [0.2, 0.25) is 5.02 Å². The number of hydrogen-bond donors (Lipinski definition) is 1. The van der Waals surface area contributed by atoms with Crippen molar-refractivity contribution in [3.63, 3.8) is 0 Å². The summed E-state index contributed by atoms with van der Waals surface area (Å²) in [7, 11) is 0. The lowest BCUT2D eigenvalue weighted by Gasteiger charge is -2.32. The van der Waals surface area contributed by atoms with E-state index in [1.165, 1.54) is 0 Å². The Hall–Kier alpha value is -3.60. The molecule has 1 N–H and O–H groups in total. The SMILES string of the molecule is Cc1c(-c2ccccn2)nc2c(Cl)c(F)cc(F)c2c1Nc1cc(N2CCOCC2)cnc1N1CCOCC1. The van der Waals surface area contributed by atoms with Gasteiger partial charge in [0.1, 0.15) is 16.7 Å². The van der Waals surface area contributed by atoms with Gasteiger partial charge in [-0.1, -0.05) is 17.7 Å². The summed E-state index contributed by atoms with van der Waals surface area (Å²) in [6.45, 7) is 7.07. The van der Waals surface area contributed by atoms with Crippen LogP contribution in [0.4, 0.5) is 31.7 Å². The van der Waals surface area contributed by atoms with Crippen LogP contribution in [-0.2, 0) is 9.47 Å². The van der Waals surface area contributed by atoms with Gasteiger partial charge in [0.15, 0.2) is 5.82 Å². The molecule has 4 aromatic rings. The Labute approximate surface area is 229 Å². The van der Waals surface area contributed by atoms with Crippen molar-refractivity contribution in [1.82, 2.24) is 15.0 Å². The molecule has 2 fully saturated rings. The number of fused-ring (bicyclic) bond motifs is 1. The van der Waals surface area contributed by atoms with Crippen LogP contribution in [0.3, 0.4) is 0 Å². The monoisotopic (exact) mass is 552 g/mol. The van der Waals surface area contributed by atoms with E-state index >= 15 is 4.39 Å². The molecule has 0 amide bonds. The van der Waals surface area contributed by atoms with Crippen molar-refractivity contribution in [2.75, 3.05) is 67.7 Å². The molecule has 0 spiro atoms. The van der Waals surface area contributed by atoms with Gasteiger partial charge in [-0.3, -0.25) is 4.98 Å². The Morgan fingerprint density at radius 3 is 2.33 bits per heavy atom. The first kappa shape index (κ1) is 25.7. The van der Waals surface area contributed by atoms with Crippen molar-refractivity contribution in [3.05, 3.63) is 64.9 Å². The highest BCUT2D eigenvalue weighted by molar-refractivity contribution is 6.35. The Kier molecular flexibility index (Phi) is 7.16. The standard InChI is InChI=1S/C28H27ClF2N6O2/c1-17-25(21-4-2-3-5-32-21)35-27-23(19(30)15-20(31)24(27)29)26(17)34-22-14-18(36-6-10-38-11-7-36)16-33-28(22)37-8-12-39-13-9-37/h2-5,14-16H,6-13H2,1H3,(H,34,35). The van der Waals surface area contributed by atoms with Crippen molar-refractivity contribution in [1.29, 1.82) is 0 Å². The lowest BCUT2D eigenvalue weighted by molar-refractivity contribution is 0.122. The molecule has 3 aromatic heterocycles. The summed E-state index contributed by atoms with van der Waals surface area (Å²) in [4.78, 5) is 18.2. The molecule has 202 valence electrons. The molecule has 6 rings (SSSR count). The zero-order valence-corrected chi connectivity index (χ0v) is 22.1. The first-order valence-corrected chi connectivity index (χ1v) is 13.2. The van der Waals surface area contributed by atoms with Crippen LogP contribution in [0.25, 0.3) is 22.3 Å². The molecule has 0 radical (unpaired) electrons. The van der Waals surface area contributed by atoms with Gasteiger partial charge in [0.2, 0.25) is 0 Å². The van der Waals surface area contributed by atoms with Gasteiger partial charge in [0.25, 0.3) is 0 Å². The van der Waals surface area contributed by atoms with Gasteiger partial charge in [-0.05, 0) is 25.1 Å². The fourth-order valence-electron chi connectivity index (χ4n) is 5.03. The van der Waals surface area contributed by atoms with Crippen molar-refractivity contribution >= 4 is 45.4 Å². The summed E-state index contributed by atoms with van der Waals surface area (Å²) in [6, 6.07) is 8.23. The summed E-state index contributed by atoms with van der Waals surface area (Å²) in [6.07, 6.45) is 3.50. The number of aromatic nitrogens is 3. The zero-order chi connectivity index (χ0) is 26.9. The Morgan fingerprint density at radius 2 is 1.64 bits per heavy atom. The highest BCUT2D eigenvalue weighted by Gasteiger charge is 2.25. The van der Waals surface area contributed by atoms with Crippen LogP contribution >= 0.6 is 11.6 Å². The van der Waals surface area contributed by atoms with E-state index in [1.54, 1.807) is 18.3 Å². The van der Waals surface area contributed by atoms with Crippen molar-refractivity contribution in [2.45, 2.75) is 6.92 Å². The molecular weight excluding hydrogens is 526 g/mol. The van der Waals surface area contributed by atoms with Crippen molar-refractivity contribution < 1.29 is 18.3 Å². The van der Waals surface area contributed by atoms with Gasteiger partial charge in [-0.2, -0.15) is 0 Å². The van der Waals surface area contributed by atoms with E-state index in [2.05, 4.69) is 25.1 Å². The number of nitrogens with one attached hydrogen (secondary N) is 1. The summed E-state index contributed by atoms with van der Waals surface area (Å²) < 4.78 is 41.1. The average Bonchev–Trinajstić information content (AvgIpc) is 2.98. The van der Waals surface area contributed by atoms with Gasteiger partial charge in [0.05, 0.1) is 72.0 Å². The highest BCUT2D eigenvalue weighted by atomic mass is 35.5. The molecular formula is C28H27ClF2N6O2. The topological polar surface area (TPSA) is 75.6 Å². The van der Waals surface area contributed by atoms with Crippen LogP contribution in [-0.4, -0.2) is 67.6 Å². The van der Waals surface area contributed by atoms with Crippen LogP contribution in [0.15, 0.2) is 42.7 Å². The van der Waals surface area contributed by atoms with Crippen LogP contribution in [0, 0.1) is 18.6 Å². The lowest BCUT2D eigenvalue weighted by atomic mass is 10.0. The number of anilines is 4. The fraction of sp³-hybridized carbons (Fsp3) is 0.321. The third-order valence-electron chi connectivity index (χ3n) is 7.06. The molecule has 0 atom stereocenters. The Bertz CT molecular complexity index is 1510. The molecule has 0 bridgehead atoms. The molecule has 0 saturated carbocycles. The predicted octanol–water partition coefficient (Wildman–Crippen LogP) is 5.35. The van der Waals surface area contributed by atoms with E-state index in [0.717, 1.165) is 24.8 Å². The van der Waals surface area contributed by atoms with E-state index in [0.29, 0.717) is 73.7 Å². The third kappa shape index (κ3) is 4.95. The van der Waals surface area contributed by atoms with Crippen LogP contribution < -0.4 is 15.1 Å². The number of ether oxygens (including phenoxy) is 2. The molecule has 2 saturated heterocycles. The van der Waals surface area contributed by atoms with E-state index in [9.17, 15) is 4.39 Å². The minimum Gasteiger partial charge on any atom is -0.378 e. The Morgan fingerprint density at radius 1 is 0.923 bits per heavy atom. The smallest absolute Gasteiger partial charge is 0.152 e. The van der Waals surface area contributed by atoms with E-state index in [1.807, 2.05) is 25.3 Å². The van der Waals surface area contributed by atoms with Gasteiger partial charge in [-0.25, -0.2) is 18.7 Å². The molecule has 0 unspecified atom stereocenters. The maximum absolute atomic E-state index is 15.5. The molecule has 0 aliphatic carbocycles. The van der Waals surface area contributed by atoms with Crippen molar-refractivity contribution in [3.8, 4) is 11.4 Å². The quantitative estimate of drug-likeness (QED) is 0.332. The number of halogens is 3. The number of hydrogen-bond acceptors (Lipinski definition) is 8. The third-order valence-corrected chi connectivity index (χ3v) is 7.42. The molecule has 11 heteroatoms. The second kappa shape index (κ2) is 10.9. The first-order valence-electron chi connectivity index (χ1n) is 12.8. The second-order valence-electron chi connectivity index (χ2n) is 9.44. The maximum Gasteiger partial charge on any atom is 0.152 e. The normalized spacial score (nSPS) is 16.1. The lowest BCUT2D eigenvalue weighted by Crippen LogP contribution is -2.38. The van der Waals surface area contributed by atoms with Crippen LogP contribution in [0.5, 0.6) is 0 Å². The van der Waals surface area contributed by atoms with E-state index in [-0.39, 0.29) is 15.9 Å². The zero-order valence-electron chi connectivity index (χ0n) is 21.4. The molecule has 2 aliphatic rings. The van der Waals surface area contributed by atoms with Gasteiger partial charge in [-0.15, -0.1) is 0 Å². The first-order chi connectivity index (χ1) is 19.0. The van der Waals surface area contributed by atoms with Crippen LogP contribution in [0.1, 0.15) is 5.56 Å². The second-order valence-corrected chi connectivity index (χ2v) is 9.82. The summed E-state index contributed by atoms with van der Waals surface area (Å²) in [5, 5.41) is 3.32. The number of benzene rings is 1. The fourth-order valence-corrected chi connectivity index (χ4v) is 5.22. The summed E-state index contributed by atoms with van der Waals surface area (Å²) in [5.41, 5.74) is 3.74. The molecule has 1 aromatic carbocycles. The molecule has 5 heterocycles. The largest absolute Gasteiger partial charge is 0.378 e. The number of nitrogens with zero attached hydrogens (tertiary/aromatic N) is 5. The van der Waals surface area contributed by atoms with Gasteiger partial charge >= 0.3 is 0 Å². The molecule has 2 aliphatic heterocycles. The summed E-state index contributed by atoms with van der Waals surface area (Å²) >= 11 is 6.36. The average molecular weight is 553 g/mol. The molecule has 8 nitrogen and oxygen atoms in total. The molecule has 39 heavy (non-hydrogen) atoms. The minimum atomic E-state index is -0.874. The van der Waals surface area contributed by atoms with Crippen molar-refractivity contribution in [2.24, 2.45) is 0 Å². The minimum absolute atomic E-state index is 0.0214. The van der Waals surface area contributed by atoms with Gasteiger partial charge in [0, 0.05) is 44.0 Å². The number of morpholine rings is 2. The number of rotatable bonds is 5.